The van der Waals surface area contributed by atoms with Gasteiger partial charge in [-0.15, -0.1) is 0 Å². The van der Waals surface area contributed by atoms with Gasteiger partial charge in [0.05, 0.1) is 23.9 Å². The van der Waals surface area contributed by atoms with Crippen LogP contribution in [0.1, 0.15) is 50.4 Å². The summed E-state index contributed by atoms with van der Waals surface area (Å²) < 4.78 is 0. The molecule has 1 aromatic rings. The summed E-state index contributed by atoms with van der Waals surface area (Å²) in [6, 6.07) is 4.64. The molecular formula is C24H34N4O3. The number of benzene rings is 1. The molecule has 0 saturated heterocycles. The highest BCUT2D eigenvalue weighted by atomic mass is 16.2. The van der Waals surface area contributed by atoms with E-state index in [0.717, 1.165) is 16.7 Å². The molecule has 0 spiro atoms. The maximum absolute atomic E-state index is 13.7. The number of nitrogens with one attached hydrogen (secondary N) is 2. The molecule has 7 heteroatoms. The standard InChI is InChI=1S/C24H34N4O3/c1-13(2)11-25-22(29)21(14(3)4)28-12-18-19(23(28)30)20(26-24(31)27(18)7)17-9-8-15(5)10-16(17)6/h8-10,13-14,20-21H,11-12H2,1-7H3,(H,25,29)(H,26,31)/t20-,21-/m1/s1. The van der Waals surface area contributed by atoms with Crippen LogP contribution in [0.3, 0.4) is 0 Å². The summed E-state index contributed by atoms with van der Waals surface area (Å²) in [5, 5.41) is 5.96. The van der Waals surface area contributed by atoms with Gasteiger partial charge in [-0.1, -0.05) is 51.5 Å². The summed E-state index contributed by atoms with van der Waals surface area (Å²) in [4.78, 5) is 42.5. The molecule has 0 fully saturated rings. The first-order valence-corrected chi connectivity index (χ1v) is 11.0. The number of amides is 4. The van der Waals surface area contributed by atoms with Gasteiger partial charge in [0, 0.05) is 13.6 Å². The van der Waals surface area contributed by atoms with E-state index in [0.29, 0.717) is 23.7 Å². The quantitative estimate of drug-likeness (QED) is 0.734. The summed E-state index contributed by atoms with van der Waals surface area (Å²) in [5.41, 5.74) is 4.26. The Balaban J connectivity index is 1.98. The Kier molecular flexibility index (Phi) is 6.43. The Morgan fingerprint density at radius 2 is 1.87 bits per heavy atom. The lowest BCUT2D eigenvalue weighted by molar-refractivity contribution is -0.138. The topological polar surface area (TPSA) is 81.8 Å². The number of aryl methyl sites for hydroxylation is 2. The van der Waals surface area contributed by atoms with Crippen LogP contribution in [-0.4, -0.2) is 53.8 Å². The van der Waals surface area contributed by atoms with Crippen LogP contribution in [0.4, 0.5) is 4.79 Å². The fourth-order valence-electron chi connectivity index (χ4n) is 4.41. The Hall–Kier alpha value is -2.83. The number of urea groups is 1. The fourth-order valence-corrected chi connectivity index (χ4v) is 4.41. The van der Waals surface area contributed by atoms with Gasteiger partial charge >= 0.3 is 6.03 Å². The Labute approximate surface area is 184 Å². The SMILES string of the molecule is Cc1ccc([C@H]2NC(=O)N(C)C3=C2C(=O)N([C@@H](C(=O)NCC(C)C)C(C)C)C3)c(C)c1. The lowest BCUT2D eigenvalue weighted by Crippen LogP contribution is -2.52. The first-order valence-electron chi connectivity index (χ1n) is 11.0. The van der Waals surface area contributed by atoms with Gasteiger partial charge in [0.2, 0.25) is 5.91 Å². The zero-order valence-electron chi connectivity index (χ0n) is 19.6. The molecule has 0 aliphatic carbocycles. The first kappa shape index (κ1) is 22.8. The van der Waals surface area contributed by atoms with Gasteiger partial charge in [-0.2, -0.15) is 0 Å². The van der Waals surface area contributed by atoms with Crippen molar-refractivity contribution in [1.82, 2.24) is 20.4 Å². The number of carbonyl (C=O) groups is 3. The van der Waals surface area contributed by atoms with E-state index < -0.39 is 12.1 Å². The minimum atomic E-state index is -0.597. The summed E-state index contributed by atoms with van der Waals surface area (Å²) in [7, 11) is 1.67. The van der Waals surface area contributed by atoms with Crippen LogP contribution in [0.5, 0.6) is 0 Å². The Morgan fingerprint density at radius 3 is 2.45 bits per heavy atom. The smallest absolute Gasteiger partial charge is 0.322 e. The molecular weight excluding hydrogens is 392 g/mol. The van der Waals surface area contributed by atoms with Crippen molar-refractivity contribution in [2.45, 2.75) is 53.6 Å². The van der Waals surface area contributed by atoms with Crippen LogP contribution in [0.25, 0.3) is 0 Å². The second-order valence-electron chi connectivity index (χ2n) is 9.42. The molecule has 1 aromatic carbocycles. The zero-order valence-corrected chi connectivity index (χ0v) is 19.6. The predicted octanol–water partition coefficient (Wildman–Crippen LogP) is 2.89. The highest BCUT2D eigenvalue weighted by Gasteiger charge is 2.47. The molecule has 31 heavy (non-hydrogen) atoms. The highest BCUT2D eigenvalue weighted by Crippen LogP contribution is 2.38. The van der Waals surface area contributed by atoms with Crippen molar-refractivity contribution in [3.8, 4) is 0 Å². The van der Waals surface area contributed by atoms with Crippen molar-refractivity contribution in [3.63, 3.8) is 0 Å². The van der Waals surface area contributed by atoms with Crippen LogP contribution in [0.15, 0.2) is 29.5 Å². The fraction of sp³-hybridized carbons (Fsp3) is 0.542. The summed E-state index contributed by atoms with van der Waals surface area (Å²) in [5.74, 6) is -0.0858. The minimum absolute atomic E-state index is 0.0639. The van der Waals surface area contributed by atoms with Gasteiger partial charge in [-0.05, 0) is 36.8 Å². The number of rotatable bonds is 6. The third-order valence-corrected chi connectivity index (χ3v) is 6.05. The molecule has 2 heterocycles. The maximum atomic E-state index is 13.7. The summed E-state index contributed by atoms with van der Waals surface area (Å²) >= 11 is 0. The number of carbonyl (C=O) groups excluding carboxylic acids is 3. The second-order valence-corrected chi connectivity index (χ2v) is 9.42. The monoisotopic (exact) mass is 426 g/mol. The van der Waals surface area contributed by atoms with Crippen LogP contribution < -0.4 is 10.6 Å². The average Bonchev–Trinajstić information content (AvgIpc) is 3.01. The molecule has 2 N–H and O–H groups in total. The normalized spacial score (nSPS) is 19.8. The van der Waals surface area contributed by atoms with Gasteiger partial charge in [-0.25, -0.2) is 4.79 Å². The molecule has 7 nitrogen and oxygen atoms in total. The molecule has 168 valence electrons. The summed E-state index contributed by atoms with van der Waals surface area (Å²) in [6.45, 7) is 12.8. The average molecular weight is 427 g/mol. The molecule has 0 radical (unpaired) electrons. The molecule has 0 bridgehead atoms. The molecule has 3 rings (SSSR count). The van der Waals surface area contributed by atoms with E-state index in [2.05, 4.69) is 10.6 Å². The van der Waals surface area contributed by atoms with Gasteiger partial charge in [0.15, 0.2) is 0 Å². The molecule has 4 amide bonds. The largest absolute Gasteiger partial charge is 0.354 e. The van der Waals surface area contributed by atoms with Crippen LogP contribution in [-0.2, 0) is 9.59 Å². The van der Waals surface area contributed by atoms with Crippen molar-refractivity contribution in [2.75, 3.05) is 20.1 Å². The Morgan fingerprint density at radius 1 is 1.19 bits per heavy atom. The van der Waals surface area contributed by atoms with Crippen molar-refractivity contribution >= 4 is 17.8 Å². The maximum Gasteiger partial charge on any atom is 0.322 e. The van der Waals surface area contributed by atoms with E-state index in [1.54, 1.807) is 11.9 Å². The highest BCUT2D eigenvalue weighted by molar-refractivity contribution is 6.03. The van der Waals surface area contributed by atoms with Gasteiger partial charge in [0.25, 0.3) is 5.91 Å². The number of hydrogen-bond acceptors (Lipinski definition) is 3. The van der Waals surface area contributed by atoms with E-state index in [4.69, 9.17) is 0 Å². The van der Waals surface area contributed by atoms with E-state index >= 15 is 0 Å². The molecule has 2 aliphatic heterocycles. The van der Waals surface area contributed by atoms with E-state index in [-0.39, 0.29) is 30.3 Å². The molecule has 0 saturated carbocycles. The van der Waals surface area contributed by atoms with Crippen molar-refractivity contribution in [2.24, 2.45) is 11.8 Å². The lowest BCUT2D eigenvalue weighted by atomic mass is 9.91. The van der Waals surface area contributed by atoms with Crippen LogP contribution >= 0.6 is 0 Å². The first-order chi connectivity index (χ1) is 14.5. The van der Waals surface area contributed by atoms with E-state index in [1.807, 2.05) is 59.7 Å². The van der Waals surface area contributed by atoms with E-state index in [9.17, 15) is 14.4 Å². The third kappa shape index (κ3) is 4.31. The molecule has 2 atom stereocenters. The van der Waals surface area contributed by atoms with Crippen LogP contribution in [0, 0.1) is 25.7 Å². The second kappa shape index (κ2) is 8.73. The lowest BCUT2D eigenvalue weighted by Gasteiger charge is -2.31. The summed E-state index contributed by atoms with van der Waals surface area (Å²) in [6.07, 6.45) is 0. The zero-order chi connectivity index (χ0) is 23.0. The Bertz CT molecular complexity index is 935. The minimum Gasteiger partial charge on any atom is -0.354 e. The number of likely N-dealkylation sites (N-methyl/N-ethyl adjacent to an activating group) is 1. The van der Waals surface area contributed by atoms with Gasteiger partial charge in [0.1, 0.15) is 6.04 Å². The molecule has 0 aromatic heterocycles. The van der Waals surface area contributed by atoms with Crippen LogP contribution in [0.2, 0.25) is 0 Å². The predicted molar refractivity (Wildman–Crippen MR) is 120 cm³/mol. The van der Waals surface area contributed by atoms with Crippen molar-refractivity contribution in [3.05, 3.63) is 46.2 Å². The number of nitrogens with zero attached hydrogens (tertiary/aromatic N) is 2. The van der Waals surface area contributed by atoms with E-state index in [1.165, 1.54) is 4.90 Å². The molecule has 0 unspecified atom stereocenters. The van der Waals surface area contributed by atoms with Crippen molar-refractivity contribution in [1.29, 1.82) is 0 Å². The molecule has 2 aliphatic rings. The number of hydrogen-bond donors (Lipinski definition) is 2. The van der Waals surface area contributed by atoms with Gasteiger partial charge in [-0.3, -0.25) is 14.5 Å². The van der Waals surface area contributed by atoms with Gasteiger partial charge < -0.3 is 15.5 Å². The van der Waals surface area contributed by atoms with Crippen molar-refractivity contribution < 1.29 is 14.4 Å². The third-order valence-electron chi connectivity index (χ3n) is 6.05.